The highest BCUT2D eigenvalue weighted by atomic mass is 19.4. The topological polar surface area (TPSA) is 36.3 Å². The van der Waals surface area contributed by atoms with Crippen LogP contribution in [-0.4, -0.2) is 24.2 Å². The van der Waals surface area contributed by atoms with E-state index in [2.05, 4.69) is 0 Å². The van der Waals surface area contributed by atoms with Crippen molar-refractivity contribution in [1.29, 1.82) is 5.26 Å². The summed E-state index contributed by atoms with van der Waals surface area (Å²) in [5.74, 6) is 0.637. The Morgan fingerprint density at radius 3 is 2.48 bits per heavy atom. The molecule has 1 aromatic carbocycles. The molecule has 1 aliphatic rings. The van der Waals surface area contributed by atoms with E-state index < -0.39 is 12.2 Å². The molecule has 0 bridgehead atoms. The molecule has 0 N–H and O–H groups in total. The molecule has 1 aliphatic heterocycles. The molecule has 0 aliphatic carbocycles. The number of methoxy groups -OCH3 is 1. The van der Waals surface area contributed by atoms with E-state index in [0.29, 0.717) is 11.3 Å². The minimum Gasteiger partial charge on any atom is -0.497 e. The van der Waals surface area contributed by atoms with E-state index in [4.69, 9.17) is 10.00 Å². The van der Waals surface area contributed by atoms with Crippen LogP contribution in [0, 0.1) is 11.3 Å². The fourth-order valence-corrected chi connectivity index (χ4v) is 2.16. The van der Waals surface area contributed by atoms with Crippen molar-refractivity contribution in [1.82, 2.24) is 4.90 Å². The molecule has 0 saturated carbocycles. The second kappa shape index (κ2) is 5.92. The number of ether oxygens (including phenoxy) is 1. The van der Waals surface area contributed by atoms with Gasteiger partial charge in [0, 0.05) is 12.7 Å². The number of benzene rings is 1. The number of hydrogen-bond acceptors (Lipinski definition) is 3. The van der Waals surface area contributed by atoms with Gasteiger partial charge < -0.3 is 9.64 Å². The van der Waals surface area contributed by atoms with Crippen LogP contribution in [0.15, 0.2) is 48.2 Å². The van der Waals surface area contributed by atoms with Gasteiger partial charge in [0.1, 0.15) is 5.75 Å². The summed E-state index contributed by atoms with van der Waals surface area (Å²) in [5, 5.41) is 8.88. The zero-order valence-electron chi connectivity index (χ0n) is 11.3. The molecule has 21 heavy (non-hydrogen) atoms. The Hall–Kier alpha value is -2.42. The summed E-state index contributed by atoms with van der Waals surface area (Å²) in [4.78, 5) is 1.11. The summed E-state index contributed by atoms with van der Waals surface area (Å²) >= 11 is 0. The fourth-order valence-electron chi connectivity index (χ4n) is 2.16. The summed E-state index contributed by atoms with van der Waals surface area (Å²) in [6, 6.07) is 6.49. The second-order valence-corrected chi connectivity index (χ2v) is 4.54. The van der Waals surface area contributed by atoms with Crippen molar-refractivity contribution in [3.8, 4) is 11.8 Å². The van der Waals surface area contributed by atoms with Crippen LogP contribution in [-0.2, 0) is 6.54 Å². The molecule has 0 fully saturated rings. The smallest absolute Gasteiger partial charge is 0.413 e. The van der Waals surface area contributed by atoms with Crippen LogP contribution in [0.4, 0.5) is 13.2 Å². The number of halogens is 3. The van der Waals surface area contributed by atoms with Gasteiger partial charge in [0.2, 0.25) is 0 Å². The lowest BCUT2D eigenvalue weighted by Crippen LogP contribution is -2.44. The molecule has 0 saturated heterocycles. The van der Waals surface area contributed by atoms with Crippen molar-refractivity contribution in [2.45, 2.75) is 18.8 Å². The SMILES string of the molecule is COc1ccc(CN2C=CC=C(C#N)C2C(F)(F)F)cc1. The number of rotatable bonds is 3. The Labute approximate surface area is 120 Å². The van der Waals surface area contributed by atoms with Gasteiger partial charge in [0.25, 0.3) is 0 Å². The molecule has 1 heterocycles. The first-order valence-electron chi connectivity index (χ1n) is 6.19. The molecular weight excluding hydrogens is 281 g/mol. The second-order valence-electron chi connectivity index (χ2n) is 4.54. The maximum Gasteiger partial charge on any atom is 0.413 e. The molecule has 1 unspecified atom stereocenters. The predicted octanol–water partition coefficient (Wildman–Crippen LogP) is 3.41. The third-order valence-electron chi connectivity index (χ3n) is 3.14. The van der Waals surface area contributed by atoms with Crippen LogP contribution in [0.25, 0.3) is 0 Å². The molecule has 110 valence electrons. The van der Waals surface area contributed by atoms with Gasteiger partial charge in [-0.1, -0.05) is 12.1 Å². The average molecular weight is 294 g/mol. The number of alkyl halides is 3. The van der Waals surface area contributed by atoms with Crippen molar-refractivity contribution < 1.29 is 17.9 Å². The van der Waals surface area contributed by atoms with Crippen LogP contribution in [0.2, 0.25) is 0 Å². The quantitative estimate of drug-likeness (QED) is 0.857. The van der Waals surface area contributed by atoms with Gasteiger partial charge >= 0.3 is 6.18 Å². The molecule has 1 aromatic rings. The van der Waals surface area contributed by atoms with Gasteiger partial charge in [-0.3, -0.25) is 0 Å². The van der Waals surface area contributed by atoms with Crippen molar-refractivity contribution in [3.05, 3.63) is 53.8 Å². The Morgan fingerprint density at radius 2 is 1.95 bits per heavy atom. The molecule has 0 spiro atoms. The third-order valence-corrected chi connectivity index (χ3v) is 3.14. The third kappa shape index (κ3) is 3.37. The minimum atomic E-state index is -4.50. The first-order valence-corrected chi connectivity index (χ1v) is 6.19. The maximum absolute atomic E-state index is 13.2. The highest BCUT2D eigenvalue weighted by Crippen LogP contribution is 2.33. The number of hydrogen-bond donors (Lipinski definition) is 0. The lowest BCUT2D eigenvalue weighted by atomic mass is 10.0. The Bertz CT molecular complexity index is 597. The van der Waals surface area contributed by atoms with Gasteiger partial charge in [-0.2, -0.15) is 18.4 Å². The van der Waals surface area contributed by atoms with Crippen LogP contribution in [0.5, 0.6) is 5.75 Å². The number of nitriles is 1. The maximum atomic E-state index is 13.2. The van der Waals surface area contributed by atoms with Crippen LogP contribution >= 0.6 is 0 Å². The highest BCUT2D eigenvalue weighted by Gasteiger charge is 2.46. The summed E-state index contributed by atoms with van der Waals surface area (Å²) in [5.41, 5.74) is 0.396. The highest BCUT2D eigenvalue weighted by molar-refractivity contribution is 5.36. The molecule has 0 aromatic heterocycles. The lowest BCUT2D eigenvalue weighted by molar-refractivity contribution is -0.167. The predicted molar refractivity (Wildman–Crippen MR) is 71.2 cm³/mol. The van der Waals surface area contributed by atoms with Gasteiger partial charge in [0.15, 0.2) is 6.04 Å². The molecule has 6 heteroatoms. The van der Waals surface area contributed by atoms with Gasteiger partial charge in [-0.05, 0) is 29.8 Å². The van der Waals surface area contributed by atoms with Gasteiger partial charge in [-0.15, -0.1) is 0 Å². The minimum absolute atomic E-state index is 0.0592. The van der Waals surface area contributed by atoms with E-state index in [1.807, 2.05) is 0 Å². The molecule has 3 nitrogen and oxygen atoms in total. The lowest BCUT2D eigenvalue weighted by Gasteiger charge is -2.33. The standard InChI is InChI=1S/C15H13F3N2O/c1-21-13-6-4-11(5-7-13)10-20-8-2-3-12(9-19)14(20)15(16,17)18/h2-8,14H,10H2,1H3. The summed E-state index contributed by atoms with van der Waals surface area (Å²) in [6.45, 7) is 0.0592. The van der Waals surface area contributed by atoms with E-state index in [1.54, 1.807) is 30.3 Å². The normalized spacial score (nSPS) is 18.1. The fraction of sp³-hybridized carbons (Fsp3) is 0.267. The monoisotopic (exact) mass is 294 g/mol. The molecule has 2 rings (SSSR count). The Balaban J connectivity index is 2.23. The van der Waals surface area contributed by atoms with Gasteiger partial charge in [0.05, 0.1) is 18.8 Å². The van der Waals surface area contributed by atoms with Crippen molar-refractivity contribution in [2.75, 3.05) is 7.11 Å². The number of nitrogens with zero attached hydrogens (tertiary/aromatic N) is 2. The van der Waals surface area contributed by atoms with Crippen molar-refractivity contribution in [3.63, 3.8) is 0 Å². The van der Waals surface area contributed by atoms with E-state index >= 15 is 0 Å². The molecular formula is C15H13F3N2O. The van der Waals surface area contributed by atoms with E-state index in [-0.39, 0.29) is 12.1 Å². The van der Waals surface area contributed by atoms with Crippen molar-refractivity contribution in [2.24, 2.45) is 0 Å². The largest absolute Gasteiger partial charge is 0.497 e. The first-order chi connectivity index (χ1) is 9.95. The Morgan fingerprint density at radius 1 is 1.29 bits per heavy atom. The van der Waals surface area contributed by atoms with Crippen LogP contribution in [0.1, 0.15) is 5.56 Å². The summed E-state index contributed by atoms with van der Waals surface area (Å²) < 4.78 is 44.5. The van der Waals surface area contributed by atoms with Gasteiger partial charge in [-0.25, -0.2) is 0 Å². The molecule has 0 radical (unpaired) electrons. The summed E-state index contributed by atoms with van der Waals surface area (Å²) in [7, 11) is 1.52. The first kappa shape index (κ1) is 15.0. The van der Waals surface area contributed by atoms with Crippen LogP contribution in [0.3, 0.4) is 0 Å². The Kier molecular flexibility index (Phi) is 4.22. The molecule has 1 atom stereocenters. The zero-order chi connectivity index (χ0) is 15.5. The molecule has 0 amide bonds. The van der Waals surface area contributed by atoms with E-state index in [9.17, 15) is 13.2 Å². The van der Waals surface area contributed by atoms with Crippen LogP contribution < -0.4 is 4.74 Å². The van der Waals surface area contributed by atoms with E-state index in [1.165, 1.54) is 25.5 Å². The average Bonchev–Trinajstić information content (AvgIpc) is 2.46. The van der Waals surface area contributed by atoms with E-state index in [0.717, 1.165) is 4.90 Å². The zero-order valence-corrected chi connectivity index (χ0v) is 11.3. The summed E-state index contributed by atoms with van der Waals surface area (Å²) in [6.07, 6.45) is -0.505. The van der Waals surface area contributed by atoms with Crippen molar-refractivity contribution >= 4 is 0 Å². The number of allylic oxidation sites excluding steroid dienone is 2.